The van der Waals surface area contributed by atoms with Gasteiger partial charge in [0.1, 0.15) is 5.82 Å². The highest BCUT2D eigenvalue weighted by Gasteiger charge is 2.44. The highest BCUT2D eigenvalue weighted by molar-refractivity contribution is 7.88. The van der Waals surface area contributed by atoms with Crippen LogP contribution in [0.2, 0.25) is 0 Å². The van der Waals surface area contributed by atoms with Gasteiger partial charge in [-0.25, -0.2) is 17.6 Å². The van der Waals surface area contributed by atoms with Gasteiger partial charge in [0.15, 0.2) is 6.10 Å². The normalized spacial score (nSPS) is 21.1. The number of carboxylic acid groups (broad SMARTS) is 1. The van der Waals surface area contributed by atoms with E-state index in [1.165, 1.54) is 36.4 Å². The molecule has 2 aliphatic carbocycles. The summed E-state index contributed by atoms with van der Waals surface area (Å²) in [5, 5.41) is 21.2. The van der Waals surface area contributed by atoms with Crippen LogP contribution in [0.4, 0.5) is 23.2 Å². The lowest BCUT2D eigenvalue weighted by molar-refractivity contribution is -0.205. The molecule has 3 N–H and O–H groups in total. The van der Waals surface area contributed by atoms with E-state index in [-0.39, 0.29) is 29.4 Å². The quantitative estimate of drug-likeness (QED) is 0.354. The number of rotatable bonds is 9. The lowest BCUT2D eigenvalue weighted by atomic mass is 9.80. The number of carboxylic acids is 1. The Morgan fingerprint density at radius 2 is 1.86 bits per heavy atom. The van der Waals surface area contributed by atoms with Crippen LogP contribution in [-0.4, -0.2) is 54.3 Å². The molecule has 5 rings (SSSR count). The highest BCUT2D eigenvalue weighted by atomic mass is 32.2. The number of allylic oxidation sites excluding steroid dienone is 3. The maximum absolute atomic E-state index is 13.5. The topological polar surface area (TPSA) is 110 Å². The van der Waals surface area contributed by atoms with Crippen molar-refractivity contribution in [3.8, 4) is 0 Å². The average Bonchev–Trinajstić information content (AvgIpc) is 3.53. The minimum absolute atomic E-state index is 0.0653. The summed E-state index contributed by atoms with van der Waals surface area (Å²) in [6.07, 6.45) is -3.17. The van der Waals surface area contributed by atoms with Crippen molar-refractivity contribution in [3.05, 3.63) is 100 Å². The summed E-state index contributed by atoms with van der Waals surface area (Å²) in [6, 6.07) is 11.3. The van der Waals surface area contributed by atoms with Gasteiger partial charge in [0.05, 0.1) is 22.7 Å². The largest absolute Gasteiger partial charge is 0.478 e. The fourth-order valence-electron chi connectivity index (χ4n) is 5.89. The Labute approximate surface area is 240 Å². The number of hydrazine groups is 1. The first kappa shape index (κ1) is 29.8. The monoisotopic (exact) mass is 607 g/mol. The third kappa shape index (κ3) is 5.81. The molecule has 1 heterocycles. The molecule has 2 aromatic rings. The Bertz CT molecular complexity index is 1580. The number of nitrogens with zero attached hydrogens (tertiary/aromatic N) is 2. The third-order valence-corrected chi connectivity index (χ3v) is 9.71. The summed E-state index contributed by atoms with van der Waals surface area (Å²) in [7, 11) is -4.49. The van der Waals surface area contributed by atoms with Crippen molar-refractivity contribution in [1.82, 2.24) is 9.73 Å². The van der Waals surface area contributed by atoms with E-state index >= 15 is 0 Å². The van der Waals surface area contributed by atoms with Gasteiger partial charge >= 0.3 is 12.1 Å². The van der Waals surface area contributed by atoms with Crippen molar-refractivity contribution in [1.29, 1.82) is 0 Å². The van der Waals surface area contributed by atoms with Crippen molar-refractivity contribution in [3.63, 3.8) is 0 Å². The van der Waals surface area contributed by atoms with E-state index in [1.54, 1.807) is 23.3 Å². The molecular formula is C29H29F4N3O5S. The fourth-order valence-corrected chi connectivity index (χ4v) is 7.50. The summed E-state index contributed by atoms with van der Waals surface area (Å²) in [5.74, 6) is -3.20. The van der Waals surface area contributed by atoms with Crippen molar-refractivity contribution in [2.45, 2.75) is 37.8 Å². The summed E-state index contributed by atoms with van der Waals surface area (Å²) < 4.78 is 81.3. The van der Waals surface area contributed by atoms with Crippen LogP contribution >= 0.6 is 0 Å². The number of halogens is 4. The molecule has 0 bridgehead atoms. The van der Waals surface area contributed by atoms with Crippen LogP contribution in [0.3, 0.4) is 0 Å². The van der Waals surface area contributed by atoms with Crippen LogP contribution in [0.15, 0.2) is 83.2 Å². The molecule has 0 saturated carbocycles. The van der Waals surface area contributed by atoms with Gasteiger partial charge < -0.3 is 15.6 Å². The van der Waals surface area contributed by atoms with Gasteiger partial charge in [-0.05, 0) is 66.3 Å². The number of hydrogen-bond donors (Lipinski definition) is 3. The fraction of sp³-hybridized carbons (Fsp3) is 0.345. The van der Waals surface area contributed by atoms with E-state index in [9.17, 15) is 41.0 Å². The number of aliphatic hydroxyl groups is 1. The van der Waals surface area contributed by atoms with Crippen molar-refractivity contribution in [2.75, 3.05) is 18.1 Å². The molecule has 0 fully saturated rings. The molecule has 0 aromatic heterocycles. The summed E-state index contributed by atoms with van der Waals surface area (Å²) in [4.78, 5) is 11.6. The Balaban J connectivity index is 1.45. The van der Waals surface area contributed by atoms with Crippen molar-refractivity contribution >= 4 is 21.7 Å². The number of anilines is 1. The lowest BCUT2D eigenvalue weighted by Gasteiger charge is -2.33. The molecule has 13 heteroatoms. The Morgan fingerprint density at radius 1 is 1.17 bits per heavy atom. The van der Waals surface area contributed by atoms with E-state index in [0.29, 0.717) is 22.8 Å². The zero-order chi connectivity index (χ0) is 30.4. The van der Waals surface area contributed by atoms with E-state index in [4.69, 9.17) is 0 Å². The van der Waals surface area contributed by atoms with E-state index in [2.05, 4.69) is 5.43 Å². The zero-order valence-electron chi connectivity index (χ0n) is 22.5. The third-order valence-electron chi connectivity index (χ3n) is 7.94. The van der Waals surface area contributed by atoms with Gasteiger partial charge in [0.2, 0.25) is 10.0 Å². The second-order valence-electron chi connectivity index (χ2n) is 10.6. The molecule has 0 spiro atoms. The molecule has 1 unspecified atom stereocenters. The van der Waals surface area contributed by atoms with Gasteiger partial charge in [-0.1, -0.05) is 30.7 Å². The number of alkyl halides is 3. The van der Waals surface area contributed by atoms with Gasteiger partial charge in [-0.2, -0.15) is 17.5 Å². The molecule has 3 aliphatic rings. The Hall–Kier alpha value is -3.68. The van der Waals surface area contributed by atoms with Gasteiger partial charge in [-0.15, -0.1) is 0 Å². The first-order chi connectivity index (χ1) is 19.8. The van der Waals surface area contributed by atoms with Crippen LogP contribution in [0.5, 0.6) is 0 Å². The highest BCUT2D eigenvalue weighted by Crippen LogP contribution is 2.48. The van der Waals surface area contributed by atoms with Crippen LogP contribution in [0.25, 0.3) is 0 Å². The van der Waals surface area contributed by atoms with Crippen molar-refractivity contribution in [2.24, 2.45) is 11.8 Å². The van der Waals surface area contributed by atoms with Gasteiger partial charge in [0, 0.05) is 30.8 Å². The van der Waals surface area contributed by atoms with E-state index in [1.807, 2.05) is 13.0 Å². The van der Waals surface area contributed by atoms with Crippen LogP contribution in [0.1, 0.15) is 35.7 Å². The maximum Gasteiger partial charge on any atom is 0.415 e. The molecule has 2 aromatic carbocycles. The number of sulfonamides is 1. The Kier molecular flexibility index (Phi) is 7.94. The van der Waals surface area contributed by atoms with E-state index in [0.717, 1.165) is 22.4 Å². The molecule has 224 valence electrons. The predicted molar refractivity (Wildman–Crippen MR) is 147 cm³/mol. The average molecular weight is 608 g/mol. The molecule has 1 aliphatic heterocycles. The number of aliphatic hydroxyl groups excluding tert-OH is 1. The maximum atomic E-state index is 13.5. The smallest absolute Gasteiger partial charge is 0.415 e. The standard InChI is InChI=1S/C29H29F4N3O5S/c1-17-24-13-34-36(22-10-8-21(30)9-11-22)25(24)12-18-6-7-19(27(17)18)14-35(15-26(37)29(31,32)33)42(40,41)16-20-4-2-3-5-23(20)28(38)39/h2-5,8-13,17,19,26,34,37H,6-7,14-16H2,1H3,(H,38,39)/t17-,19+,26?/m0/s1. The molecular weight excluding hydrogens is 578 g/mol. The number of fused-ring (bicyclic) bond motifs is 1. The molecule has 42 heavy (non-hydrogen) atoms. The number of benzene rings is 2. The number of nitrogens with one attached hydrogen (secondary N) is 1. The second-order valence-corrected chi connectivity index (χ2v) is 12.6. The van der Waals surface area contributed by atoms with E-state index < -0.39 is 46.5 Å². The first-order valence-electron chi connectivity index (χ1n) is 13.3. The first-order valence-corrected chi connectivity index (χ1v) is 14.9. The van der Waals surface area contributed by atoms with Crippen LogP contribution in [-0.2, 0) is 15.8 Å². The zero-order valence-corrected chi connectivity index (χ0v) is 23.3. The lowest BCUT2D eigenvalue weighted by Crippen LogP contribution is -2.46. The SMILES string of the molecule is C[C@H]1C2=CNN(c3ccc(F)cc3)C2=CC2=C1[C@@H](CN(CC(O)C(F)(F)F)S(=O)(=O)Cc1ccccc1C(=O)O)CC2. The molecule has 8 nitrogen and oxygen atoms in total. The van der Waals surface area contributed by atoms with Crippen LogP contribution < -0.4 is 10.4 Å². The summed E-state index contributed by atoms with van der Waals surface area (Å²) in [6.45, 7) is 0.423. The second kappa shape index (κ2) is 11.2. The molecule has 0 amide bonds. The number of hydrogen-bond acceptors (Lipinski definition) is 6. The minimum atomic E-state index is -5.05. The summed E-state index contributed by atoms with van der Waals surface area (Å²) in [5.41, 5.74) is 7.12. The molecule has 0 saturated heterocycles. The number of aromatic carboxylic acids is 1. The molecule has 0 radical (unpaired) electrons. The Morgan fingerprint density at radius 3 is 2.52 bits per heavy atom. The summed E-state index contributed by atoms with van der Waals surface area (Å²) >= 11 is 0. The minimum Gasteiger partial charge on any atom is -0.478 e. The van der Waals surface area contributed by atoms with Gasteiger partial charge in [-0.3, -0.25) is 5.01 Å². The van der Waals surface area contributed by atoms with Crippen LogP contribution in [0, 0.1) is 17.7 Å². The predicted octanol–water partition coefficient (Wildman–Crippen LogP) is 4.73. The number of carbonyl (C=O) groups is 1. The molecule has 3 atom stereocenters. The van der Waals surface area contributed by atoms with Gasteiger partial charge in [0.25, 0.3) is 0 Å². The van der Waals surface area contributed by atoms with Crippen molar-refractivity contribution < 1.29 is 41.0 Å².